The summed E-state index contributed by atoms with van der Waals surface area (Å²) in [6.45, 7) is 11.4. The highest BCUT2D eigenvalue weighted by atomic mass is 35.5. The van der Waals surface area contributed by atoms with E-state index in [9.17, 15) is 9.59 Å². The van der Waals surface area contributed by atoms with Gasteiger partial charge in [-0.3, -0.25) is 14.5 Å². The van der Waals surface area contributed by atoms with Gasteiger partial charge in [0.15, 0.2) is 5.78 Å². The van der Waals surface area contributed by atoms with Crippen LogP contribution in [0.1, 0.15) is 59.6 Å². The second-order valence-corrected chi connectivity index (χ2v) is 10.3. The quantitative estimate of drug-likeness (QED) is 0.593. The normalized spacial score (nSPS) is 23.3. The summed E-state index contributed by atoms with van der Waals surface area (Å²) in [5.74, 6) is 1.87. The molecule has 1 aliphatic carbocycles. The number of hydrogen-bond acceptors (Lipinski definition) is 5. The number of hydrogen-bond donors (Lipinski definition) is 0. The Bertz CT molecular complexity index is 1030. The zero-order chi connectivity index (χ0) is 23.7. The van der Waals surface area contributed by atoms with Crippen LogP contribution in [0.4, 0.5) is 0 Å². The Morgan fingerprint density at radius 3 is 2.36 bits per heavy atom. The Labute approximate surface area is 201 Å². The van der Waals surface area contributed by atoms with Crippen molar-refractivity contribution in [3.8, 4) is 0 Å². The Hall–Kier alpha value is -2.31. The molecule has 1 aromatic heterocycles. The van der Waals surface area contributed by atoms with Gasteiger partial charge < -0.3 is 4.90 Å². The van der Waals surface area contributed by atoms with Crippen molar-refractivity contribution in [1.29, 1.82) is 0 Å². The van der Waals surface area contributed by atoms with Crippen molar-refractivity contribution in [2.75, 3.05) is 19.6 Å². The van der Waals surface area contributed by atoms with Gasteiger partial charge in [0.05, 0.1) is 5.56 Å². The average molecular weight is 469 g/mol. The summed E-state index contributed by atoms with van der Waals surface area (Å²) in [5, 5.41) is 0.638. The summed E-state index contributed by atoms with van der Waals surface area (Å²) >= 11 is 6.44. The van der Waals surface area contributed by atoms with Crippen molar-refractivity contribution in [2.45, 2.75) is 59.5 Å². The maximum Gasteiger partial charge on any atom is 0.226 e. The molecule has 1 saturated heterocycles. The van der Waals surface area contributed by atoms with Crippen molar-refractivity contribution in [2.24, 2.45) is 11.8 Å². The first-order valence-electron chi connectivity index (χ1n) is 11.8. The fourth-order valence-electron chi connectivity index (χ4n) is 5.04. The summed E-state index contributed by atoms with van der Waals surface area (Å²) in [6, 6.07) is 4.08. The van der Waals surface area contributed by atoms with E-state index in [2.05, 4.69) is 40.5 Å². The number of carbonyl (C=O) groups excluding carboxylic acids is 2. The van der Waals surface area contributed by atoms with Gasteiger partial charge in [0.1, 0.15) is 5.82 Å². The number of nitrogens with zero attached hydrogens (tertiary/aromatic N) is 4. The van der Waals surface area contributed by atoms with Gasteiger partial charge in [-0.05, 0) is 68.4 Å². The summed E-state index contributed by atoms with van der Waals surface area (Å²) in [6.07, 6.45) is 5.49. The molecule has 2 aromatic rings. The first-order valence-corrected chi connectivity index (χ1v) is 12.2. The van der Waals surface area contributed by atoms with Crippen molar-refractivity contribution in [3.05, 3.63) is 57.6 Å². The summed E-state index contributed by atoms with van der Waals surface area (Å²) in [4.78, 5) is 38.3. The van der Waals surface area contributed by atoms with E-state index in [0.717, 1.165) is 55.7 Å². The first-order chi connectivity index (χ1) is 15.7. The molecule has 0 unspecified atom stereocenters. The second kappa shape index (κ2) is 9.90. The number of Topliss-reactive ketones (excluding diaryl/α,β-unsaturated/α-hetero) is 1. The second-order valence-electron chi connectivity index (χ2n) is 9.86. The highest BCUT2D eigenvalue weighted by Gasteiger charge is 2.37. The number of amides is 1. The zero-order valence-corrected chi connectivity index (χ0v) is 20.7. The van der Waals surface area contributed by atoms with E-state index in [4.69, 9.17) is 11.6 Å². The molecule has 0 spiro atoms. The molecule has 176 valence electrons. The van der Waals surface area contributed by atoms with Gasteiger partial charge in [0, 0.05) is 62.0 Å². The van der Waals surface area contributed by atoms with Crippen molar-refractivity contribution >= 4 is 23.3 Å². The molecule has 6 nitrogen and oxygen atoms in total. The van der Waals surface area contributed by atoms with E-state index in [0.29, 0.717) is 28.2 Å². The molecule has 1 aliphatic heterocycles. The van der Waals surface area contributed by atoms with E-state index in [-0.39, 0.29) is 24.2 Å². The molecule has 0 bridgehead atoms. The molecule has 1 amide bonds. The molecule has 1 aromatic carbocycles. The van der Waals surface area contributed by atoms with Crippen molar-refractivity contribution in [1.82, 2.24) is 19.8 Å². The van der Waals surface area contributed by atoms with Crippen LogP contribution >= 0.6 is 11.6 Å². The van der Waals surface area contributed by atoms with Crippen molar-refractivity contribution in [3.63, 3.8) is 0 Å². The lowest BCUT2D eigenvalue weighted by Gasteiger charge is -2.44. The standard InChI is InChI=1S/C26H33ClN4O2/c1-16-7-21(8-16)26(33)31-6-5-30(14-17(31)2)15-22-10-24(27)9-20(18(22)3)11-25(32)23-12-28-19(4)29-13-23/h9-10,12-13,16-17,21H,5-8,11,14-15H2,1-4H3/t16?,17-,21?/m0/s1. The predicted molar refractivity (Wildman–Crippen MR) is 129 cm³/mol. The van der Waals surface area contributed by atoms with Crippen LogP contribution in [0.15, 0.2) is 24.5 Å². The van der Waals surface area contributed by atoms with Crippen LogP contribution in [0.2, 0.25) is 5.02 Å². The van der Waals surface area contributed by atoms with E-state index in [1.165, 1.54) is 0 Å². The molecule has 2 heterocycles. The highest BCUT2D eigenvalue weighted by molar-refractivity contribution is 6.30. The molecule has 2 aliphatic rings. The van der Waals surface area contributed by atoms with Gasteiger partial charge in [-0.25, -0.2) is 9.97 Å². The van der Waals surface area contributed by atoms with Gasteiger partial charge in [0.2, 0.25) is 5.91 Å². The summed E-state index contributed by atoms with van der Waals surface area (Å²) < 4.78 is 0. The van der Waals surface area contributed by atoms with Gasteiger partial charge in [-0.15, -0.1) is 0 Å². The first kappa shape index (κ1) is 23.8. The number of ketones is 1. The maximum absolute atomic E-state index is 12.8. The molecular formula is C26H33ClN4O2. The predicted octanol–water partition coefficient (Wildman–Crippen LogP) is 4.25. The lowest BCUT2D eigenvalue weighted by Crippen LogP contribution is -2.56. The molecule has 33 heavy (non-hydrogen) atoms. The van der Waals surface area contributed by atoms with E-state index >= 15 is 0 Å². The van der Waals surface area contributed by atoms with Crippen LogP contribution < -0.4 is 0 Å². The average Bonchev–Trinajstić information content (AvgIpc) is 2.75. The number of piperazine rings is 1. The van der Waals surface area contributed by atoms with Crippen LogP contribution in [0.5, 0.6) is 0 Å². The molecule has 1 saturated carbocycles. The van der Waals surface area contributed by atoms with E-state index in [1.807, 2.05) is 12.1 Å². The van der Waals surface area contributed by atoms with Crippen LogP contribution in [0.25, 0.3) is 0 Å². The zero-order valence-electron chi connectivity index (χ0n) is 20.0. The highest BCUT2D eigenvalue weighted by Crippen LogP contribution is 2.35. The van der Waals surface area contributed by atoms with Gasteiger partial charge in [0.25, 0.3) is 0 Å². The molecule has 2 fully saturated rings. The van der Waals surface area contributed by atoms with Gasteiger partial charge >= 0.3 is 0 Å². The fraction of sp³-hybridized carbons (Fsp3) is 0.538. The number of rotatable bonds is 6. The summed E-state index contributed by atoms with van der Waals surface area (Å²) in [5.41, 5.74) is 3.67. The van der Waals surface area contributed by atoms with Crippen LogP contribution in [-0.4, -0.2) is 57.1 Å². The number of aryl methyl sites for hydroxylation is 1. The van der Waals surface area contributed by atoms with Crippen molar-refractivity contribution < 1.29 is 9.59 Å². The largest absolute Gasteiger partial charge is 0.337 e. The molecule has 1 atom stereocenters. The monoisotopic (exact) mass is 468 g/mol. The third kappa shape index (κ3) is 5.44. The Morgan fingerprint density at radius 1 is 1.06 bits per heavy atom. The molecule has 0 N–H and O–H groups in total. The minimum atomic E-state index is -0.0163. The fourth-order valence-corrected chi connectivity index (χ4v) is 5.30. The number of halogens is 1. The molecule has 4 rings (SSSR count). The van der Waals surface area contributed by atoms with Crippen LogP contribution in [0.3, 0.4) is 0 Å². The van der Waals surface area contributed by atoms with Gasteiger partial charge in [-0.1, -0.05) is 18.5 Å². The molecular weight excluding hydrogens is 436 g/mol. The Morgan fingerprint density at radius 2 is 1.73 bits per heavy atom. The Kier molecular flexibility index (Phi) is 7.15. The minimum absolute atomic E-state index is 0.0163. The SMILES string of the molecule is Cc1ncc(C(=O)Cc2cc(Cl)cc(CN3CCN(C(=O)C4CC(C)C4)[C@@H](C)C3)c2C)cn1. The lowest BCUT2D eigenvalue weighted by atomic mass is 9.75. The smallest absolute Gasteiger partial charge is 0.226 e. The van der Waals surface area contributed by atoms with E-state index < -0.39 is 0 Å². The molecule has 0 radical (unpaired) electrons. The number of benzene rings is 1. The third-order valence-electron chi connectivity index (χ3n) is 7.15. The maximum atomic E-state index is 12.8. The van der Waals surface area contributed by atoms with Crippen LogP contribution in [0, 0.1) is 25.7 Å². The summed E-state index contributed by atoms with van der Waals surface area (Å²) in [7, 11) is 0. The third-order valence-corrected chi connectivity index (χ3v) is 7.37. The Balaban J connectivity index is 1.41. The van der Waals surface area contributed by atoms with Crippen LogP contribution in [-0.2, 0) is 17.8 Å². The number of carbonyl (C=O) groups is 2. The molecule has 7 heteroatoms. The van der Waals surface area contributed by atoms with E-state index in [1.54, 1.807) is 19.3 Å². The minimum Gasteiger partial charge on any atom is -0.337 e. The topological polar surface area (TPSA) is 66.4 Å². The lowest BCUT2D eigenvalue weighted by molar-refractivity contribution is -0.144. The number of aromatic nitrogens is 2. The van der Waals surface area contributed by atoms with Gasteiger partial charge in [-0.2, -0.15) is 0 Å².